The van der Waals surface area contributed by atoms with E-state index in [2.05, 4.69) is 20.6 Å². The third-order valence-corrected chi connectivity index (χ3v) is 3.84. The maximum atomic E-state index is 12.1. The number of hydrogen-bond donors (Lipinski definition) is 2. The fourth-order valence-corrected chi connectivity index (χ4v) is 2.50. The SMILES string of the molecule is CCC(C)NC(=O)c1ccnc(Nc2c(C)cc(C)cc2Cl)n1. The van der Waals surface area contributed by atoms with E-state index in [1.165, 1.54) is 0 Å². The summed E-state index contributed by atoms with van der Waals surface area (Å²) in [7, 11) is 0. The van der Waals surface area contributed by atoms with Crippen molar-refractivity contribution in [2.24, 2.45) is 0 Å². The number of aryl methyl sites for hydroxylation is 2. The first-order valence-corrected chi connectivity index (χ1v) is 7.96. The van der Waals surface area contributed by atoms with Crippen LogP contribution in [0.2, 0.25) is 5.02 Å². The van der Waals surface area contributed by atoms with E-state index in [1.54, 1.807) is 12.3 Å². The van der Waals surface area contributed by atoms with Crippen LogP contribution in [0.25, 0.3) is 0 Å². The minimum absolute atomic E-state index is 0.0997. The standard InChI is InChI=1S/C17H21ClN4O/c1-5-12(4)20-16(23)14-6-7-19-17(21-14)22-15-11(3)8-10(2)9-13(15)18/h6-9,12H,5H2,1-4H3,(H,20,23)(H,19,21,22). The Labute approximate surface area is 141 Å². The molecule has 1 aromatic carbocycles. The Morgan fingerprint density at radius 3 is 2.74 bits per heavy atom. The van der Waals surface area contributed by atoms with Crippen LogP contribution in [0.4, 0.5) is 11.6 Å². The van der Waals surface area contributed by atoms with Gasteiger partial charge < -0.3 is 10.6 Å². The van der Waals surface area contributed by atoms with Crippen LogP contribution in [0.15, 0.2) is 24.4 Å². The summed E-state index contributed by atoms with van der Waals surface area (Å²) in [5.74, 6) is 0.132. The molecule has 0 aliphatic heterocycles. The van der Waals surface area contributed by atoms with E-state index in [9.17, 15) is 4.79 Å². The van der Waals surface area contributed by atoms with Crippen LogP contribution >= 0.6 is 11.6 Å². The van der Waals surface area contributed by atoms with Crippen molar-refractivity contribution in [3.8, 4) is 0 Å². The van der Waals surface area contributed by atoms with Crippen LogP contribution in [-0.2, 0) is 0 Å². The lowest BCUT2D eigenvalue weighted by Crippen LogP contribution is -2.32. The van der Waals surface area contributed by atoms with Gasteiger partial charge in [-0.25, -0.2) is 9.97 Å². The molecule has 0 saturated heterocycles. The summed E-state index contributed by atoms with van der Waals surface area (Å²) in [4.78, 5) is 20.6. The normalized spacial score (nSPS) is 11.9. The maximum Gasteiger partial charge on any atom is 0.270 e. The summed E-state index contributed by atoms with van der Waals surface area (Å²) >= 11 is 6.28. The number of halogens is 1. The number of benzene rings is 1. The molecule has 1 unspecified atom stereocenters. The van der Waals surface area contributed by atoms with Crippen molar-refractivity contribution in [3.05, 3.63) is 46.2 Å². The second kappa shape index (κ2) is 7.42. The largest absolute Gasteiger partial charge is 0.348 e. The summed E-state index contributed by atoms with van der Waals surface area (Å²) in [6.07, 6.45) is 2.42. The lowest BCUT2D eigenvalue weighted by molar-refractivity contribution is 0.0934. The number of rotatable bonds is 5. The Kier molecular flexibility index (Phi) is 5.55. The summed E-state index contributed by atoms with van der Waals surface area (Å²) in [6.45, 7) is 7.91. The van der Waals surface area contributed by atoms with Gasteiger partial charge in [-0.05, 0) is 50.5 Å². The van der Waals surface area contributed by atoms with Gasteiger partial charge in [-0.3, -0.25) is 4.79 Å². The fourth-order valence-electron chi connectivity index (χ4n) is 2.13. The van der Waals surface area contributed by atoms with Crippen LogP contribution in [0.3, 0.4) is 0 Å². The molecule has 0 radical (unpaired) electrons. The molecular formula is C17H21ClN4O. The lowest BCUT2D eigenvalue weighted by Gasteiger charge is -2.13. The van der Waals surface area contributed by atoms with Crippen molar-refractivity contribution in [1.29, 1.82) is 0 Å². The topological polar surface area (TPSA) is 66.9 Å². The van der Waals surface area contributed by atoms with E-state index >= 15 is 0 Å². The molecule has 1 amide bonds. The molecule has 2 N–H and O–H groups in total. The van der Waals surface area contributed by atoms with Crippen molar-refractivity contribution in [1.82, 2.24) is 15.3 Å². The van der Waals surface area contributed by atoms with Gasteiger partial charge in [0, 0.05) is 12.2 Å². The van der Waals surface area contributed by atoms with Gasteiger partial charge >= 0.3 is 0 Å². The quantitative estimate of drug-likeness (QED) is 0.867. The zero-order chi connectivity index (χ0) is 17.0. The van der Waals surface area contributed by atoms with Crippen molar-refractivity contribution >= 4 is 29.1 Å². The lowest BCUT2D eigenvalue weighted by atomic mass is 10.1. The fraction of sp³-hybridized carbons (Fsp3) is 0.353. The highest BCUT2D eigenvalue weighted by Crippen LogP contribution is 2.29. The van der Waals surface area contributed by atoms with Gasteiger partial charge in [0.05, 0.1) is 10.7 Å². The van der Waals surface area contributed by atoms with Crippen LogP contribution in [0.1, 0.15) is 41.9 Å². The molecule has 0 saturated carbocycles. The second-order valence-electron chi connectivity index (χ2n) is 5.61. The molecule has 2 aromatic rings. The first-order chi connectivity index (χ1) is 10.9. The van der Waals surface area contributed by atoms with E-state index < -0.39 is 0 Å². The first kappa shape index (κ1) is 17.2. The van der Waals surface area contributed by atoms with Gasteiger partial charge in [-0.1, -0.05) is 24.6 Å². The molecule has 23 heavy (non-hydrogen) atoms. The minimum atomic E-state index is -0.212. The predicted octanol–water partition coefficient (Wildman–Crippen LogP) is 4.02. The smallest absolute Gasteiger partial charge is 0.270 e. The number of carbonyl (C=O) groups is 1. The molecule has 0 aliphatic rings. The highest BCUT2D eigenvalue weighted by Gasteiger charge is 2.12. The van der Waals surface area contributed by atoms with Crippen LogP contribution in [0.5, 0.6) is 0 Å². The molecule has 5 nitrogen and oxygen atoms in total. The molecule has 0 aliphatic carbocycles. The number of carbonyl (C=O) groups excluding carboxylic acids is 1. The Morgan fingerprint density at radius 2 is 2.09 bits per heavy atom. The third-order valence-electron chi connectivity index (χ3n) is 3.55. The van der Waals surface area contributed by atoms with Crippen LogP contribution in [0, 0.1) is 13.8 Å². The Bertz CT molecular complexity index is 694. The molecule has 122 valence electrons. The zero-order valence-electron chi connectivity index (χ0n) is 13.8. The van der Waals surface area contributed by atoms with E-state index in [0.717, 1.165) is 23.2 Å². The number of hydrogen-bond acceptors (Lipinski definition) is 4. The Morgan fingerprint density at radius 1 is 1.35 bits per heavy atom. The van der Waals surface area contributed by atoms with Crippen LogP contribution in [-0.4, -0.2) is 21.9 Å². The minimum Gasteiger partial charge on any atom is -0.348 e. The molecule has 0 bridgehead atoms. The summed E-state index contributed by atoms with van der Waals surface area (Å²) < 4.78 is 0. The molecule has 2 rings (SSSR count). The van der Waals surface area contributed by atoms with Gasteiger partial charge in [0.2, 0.25) is 5.95 Å². The van der Waals surface area contributed by atoms with E-state index in [1.807, 2.05) is 39.8 Å². The van der Waals surface area contributed by atoms with Gasteiger partial charge in [0.15, 0.2) is 0 Å². The summed E-state index contributed by atoms with van der Waals surface area (Å²) in [6, 6.07) is 5.58. The van der Waals surface area contributed by atoms with E-state index in [-0.39, 0.29) is 11.9 Å². The molecule has 0 spiro atoms. The number of nitrogens with zero attached hydrogens (tertiary/aromatic N) is 2. The first-order valence-electron chi connectivity index (χ1n) is 7.58. The second-order valence-corrected chi connectivity index (χ2v) is 6.02. The van der Waals surface area contributed by atoms with Crippen molar-refractivity contribution in [2.75, 3.05) is 5.32 Å². The average Bonchev–Trinajstić information content (AvgIpc) is 2.51. The van der Waals surface area contributed by atoms with Crippen molar-refractivity contribution < 1.29 is 4.79 Å². The number of anilines is 2. The van der Waals surface area contributed by atoms with Gasteiger partial charge in [0.1, 0.15) is 5.69 Å². The molecule has 0 fully saturated rings. The molecule has 6 heteroatoms. The molecule has 1 atom stereocenters. The summed E-state index contributed by atoms with van der Waals surface area (Å²) in [5.41, 5.74) is 3.15. The number of amides is 1. The highest BCUT2D eigenvalue weighted by molar-refractivity contribution is 6.33. The van der Waals surface area contributed by atoms with Gasteiger partial charge in [-0.15, -0.1) is 0 Å². The van der Waals surface area contributed by atoms with Gasteiger partial charge in [0.25, 0.3) is 5.91 Å². The zero-order valence-corrected chi connectivity index (χ0v) is 14.5. The van der Waals surface area contributed by atoms with Gasteiger partial charge in [-0.2, -0.15) is 0 Å². The van der Waals surface area contributed by atoms with Crippen molar-refractivity contribution in [3.63, 3.8) is 0 Å². The number of aromatic nitrogens is 2. The average molecular weight is 333 g/mol. The maximum absolute atomic E-state index is 12.1. The Balaban J connectivity index is 2.22. The third kappa shape index (κ3) is 4.42. The predicted molar refractivity (Wildman–Crippen MR) is 93.5 cm³/mol. The number of nitrogens with one attached hydrogen (secondary N) is 2. The monoisotopic (exact) mass is 332 g/mol. The highest BCUT2D eigenvalue weighted by atomic mass is 35.5. The molecule has 1 aromatic heterocycles. The van der Waals surface area contributed by atoms with E-state index in [0.29, 0.717) is 16.7 Å². The van der Waals surface area contributed by atoms with Crippen molar-refractivity contribution in [2.45, 2.75) is 40.2 Å². The molecular weight excluding hydrogens is 312 g/mol. The summed E-state index contributed by atoms with van der Waals surface area (Å²) in [5, 5.41) is 6.58. The molecule has 1 heterocycles. The van der Waals surface area contributed by atoms with Crippen LogP contribution < -0.4 is 10.6 Å². The Hall–Kier alpha value is -2.14. The van der Waals surface area contributed by atoms with E-state index in [4.69, 9.17) is 11.6 Å².